The van der Waals surface area contributed by atoms with Crippen LogP contribution >= 0.6 is 0 Å². The molecule has 4 rings (SSSR count). The molecule has 1 unspecified atom stereocenters. The second-order valence-corrected chi connectivity index (χ2v) is 8.75. The number of carbonyl (C=O) groups excluding carboxylic acids is 3. The van der Waals surface area contributed by atoms with E-state index in [9.17, 15) is 18.8 Å². The highest BCUT2D eigenvalue weighted by Gasteiger charge is 2.37. The van der Waals surface area contributed by atoms with Gasteiger partial charge in [-0.15, -0.1) is 0 Å². The van der Waals surface area contributed by atoms with Gasteiger partial charge in [0.2, 0.25) is 5.91 Å². The third-order valence-electron chi connectivity index (χ3n) is 6.26. The van der Waals surface area contributed by atoms with Crippen LogP contribution in [-0.2, 0) is 14.3 Å². The first-order valence-corrected chi connectivity index (χ1v) is 12.5. The van der Waals surface area contributed by atoms with Gasteiger partial charge in [-0.1, -0.05) is 37.6 Å². The van der Waals surface area contributed by atoms with Crippen molar-refractivity contribution in [1.82, 2.24) is 14.8 Å². The Morgan fingerprint density at radius 1 is 1.00 bits per heavy atom. The maximum Gasteiger partial charge on any atom is 0.325 e. The zero-order chi connectivity index (χ0) is 26.4. The summed E-state index contributed by atoms with van der Waals surface area (Å²) in [6.07, 6.45) is 3.46. The molecule has 9 heteroatoms. The van der Waals surface area contributed by atoms with Crippen molar-refractivity contribution in [3.05, 3.63) is 83.9 Å². The van der Waals surface area contributed by atoms with E-state index in [4.69, 9.17) is 4.74 Å². The molecule has 1 atom stereocenters. The van der Waals surface area contributed by atoms with E-state index in [0.29, 0.717) is 18.7 Å². The lowest BCUT2D eigenvalue weighted by molar-refractivity contribution is -0.141. The van der Waals surface area contributed by atoms with Gasteiger partial charge in [0, 0.05) is 12.7 Å². The third-order valence-corrected chi connectivity index (χ3v) is 6.26. The average molecular weight is 507 g/mol. The largest absolute Gasteiger partial charge is 0.465 e. The van der Waals surface area contributed by atoms with Crippen molar-refractivity contribution in [2.24, 2.45) is 0 Å². The molecule has 0 saturated carbocycles. The predicted octanol–water partition coefficient (Wildman–Crippen LogP) is 4.43. The van der Waals surface area contributed by atoms with Gasteiger partial charge >= 0.3 is 12.0 Å². The molecule has 1 aromatic heterocycles. The van der Waals surface area contributed by atoms with Crippen LogP contribution in [0.5, 0.6) is 0 Å². The van der Waals surface area contributed by atoms with Crippen LogP contribution in [-0.4, -0.2) is 53.6 Å². The Morgan fingerprint density at radius 2 is 1.73 bits per heavy atom. The molecular formula is C28H31FN4O4. The van der Waals surface area contributed by atoms with Crippen LogP contribution in [0.1, 0.15) is 44.0 Å². The number of para-hydroxylation sites is 2. The van der Waals surface area contributed by atoms with Crippen LogP contribution in [0.2, 0.25) is 0 Å². The van der Waals surface area contributed by atoms with E-state index in [2.05, 4.69) is 5.32 Å². The topological polar surface area (TPSA) is 83.9 Å². The normalized spacial score (nSPS) is 13.9. The van der Waals surface area contributed by atoms with E-state index in [1.165, 1.54) is 17.0 Å². The number of hydrogen-bond donors (Lipinski definition) is 1. The molecule has 3 aromatic rings. The lowest BCUT2D eigenvalue weighted by Crippen LogP contribution is -2.50. The number of hydrogen-bond acceptors (Lipinski definition) is 4. The van der Waals surface area contributed by atoms with Gasteiger partial charge in [-0.05, 0) is 55.3 Å². The van der Waals surface area contributed by atoms with Crippen molar-refractivity contribution >= 4 is 23.6 Å². The molecule has 1 N–H and O–H groups in total. The Bertz CT molecular complexity index is 1260. The van der Waals surface area contributed by atoms with Crippen LogP contribution in [0.15, 0.2) is 66.9 Å². The van der Waals surface area contributed by atoms with Gasteiger partial charge in [0.1, 0.15) is 24.9 Å². The summed E-state index contributed by atoms with van der Waals surface area (Å²) in [5.74, 6) is -1.20. The Hall–Kier alpha value is -4.14. The average Bonchev–Trinajstić information content (AvgIpc) is 3.39. The molecule has 3 amide bonds. The van der Waals surface area contributed by atoms with E-state index in [0.717, 1.165) is 23.4 Å². The summed E-state index contributed by atoms with van der Waals surface area (Å²) < 4.78 is 20.7. The van der Waals surface area contributed by atoms with Crippen molar-refractivity contribution in [3.63, 3.8) is 0 Å². The Balaban J connectivity index is 1.67. The number of nitrogens with one attached hydrogen (secondary N) is 1. The first-order chi connectivity index (χ1) is 17.9. The minimum absolute atomic E-state index is 0.193. The highest BCUT2D eigenvalue weighted by atomic mass is 19.1. The maximum atomic E-state index is 14.0. The van der Waals surface area contributed by atoms with Crippen LogP contribution in [0.4, 0.5) is 14.9 Å². The number of aromatic nitrogens is 1. The molecule has 0 aliphatic carbocycles. The van der Waals surface area contributed by atoms with Crippen LogP contribution < -0.4 is 10.2 Å². The molecule has 8 nitrogen and oxygen atoms in total. The van der Waals surface area contributed by atoms with Gasteiger partial charge in [0.25, 0.3) is 0 Å². The number of ether oxygens (including phenoxy) is 1. The number of amides is 3. The van der Waals surface area contributed by atoms with Crippen molar-refractivity contribution in [3.8, 4) is 5.69 Å². The molecule has 2 aromatic carbocycles. The summed E-state index contributed by atoms with van der Waals surface area (Å²) in [4.78, 5) is 41.8. The van der Waals surface area contributed by atoms with Gasteiger partial charge < -0.3 is 19.5 Å². The lowest BCUT2D eigenvalue weighted by Gasteiger charge is -2.39. The molecular weight excluding hydrogens is 475 g/mol. The summed E-state index contributed by atoms with van der Waals surface area (Å²) in [7, 11) is 0. The van der Waals surface area contributed by atoms with Gasteiger partial charge in [-0.3, -0.25) is 14.5 Å². The number of anilines is 1. The van der Waals surface area contributed by atoms with Gasteiger partial charge in [-0.25, -0.2) is 9.18 Å². The fraction of sp³-hybridized carbons (Fsp3) is 0.321. The molecule has 194 valence electrons. The second-order valence-electron chi connectivity index (χ2n) is 8.75. The summed E-state index contributed by atoms with van der Waals surface area (Å²) in [6, 6.07) is 16.5. The molecule has 0 spiro atoms. The summed E-state index contributed by atoms with van der Waals surface area (Å²) in [6.45, 7) is 3.78. The maximum absolute atomic E-state index is 14.0. The van der Waals surface area contributed by atoms with E-state index in [1.54, 1.807) is 24.0 Å². The molecule has 0 fully saturated rings. The number of carbonyl (C=O) groups is 3. The molecule has 1 aliphatic rings. The minimum Gasteiger partial charge on any atom is -0.465 e. The second kappa shape index (κ2) is 11.7. The molecule has 0 bridgehead atoms. The molecule has 0 radical (unpaired) electrons. The lowest BCUT2D eigenvalue weighted by atomic mass is 9.97. The standard InChI is InChI=1S/C28H31FN4O4/c1-3-5-16-31(28(36)30-18-26(35)37-4-2)19-25(34)33-23-10-7-6-9-22(23)32-17-8-11-24(32)27(33)20-12-14-21(29)15-13-20/h6-15,17,27H,3-5,16,18-19H2,1-2H3,(H,30,36). The molecule has 37 heavy (non-hydrogen) atoms. The zero-order valence-electron chi connectivity index (χ0n) is 21.0. The number of nitrogens with zero attached hydrogens (tertiary/aromatic N) is 3. The highest BCUT2D eigenvalue weighted by Crippen LogP contribution is 2.42. The van der Waals surface area contributed by atoms with E-state index in [1.807, 2.05) is 54.1 Å². The minimum atomic E-state index is -0.542. The van der Waals surface area contributed by atoms with Gasteiger partial charge in [0.15, 0.2) is 0 Å². The zero-order valence-corrected chi connectivity index (χ0v) is 21.0. The van der Waals surface area contributed by atoms with E-state index < -0.39 is 18.0 Å². The smallest absolute Gasteiger partial charge is 0.325 e. The van der Waals surface area contributed by atoms with Gasteiger partial charge in [0.05, 0.1) is 23.7 Å². The van der Waals surface area contributed by atoms with Crippen molar-refractivity contribution < 1.29 is 23.5 Å². The molecule has 0 saturated heterocycles. The Kier molecular flexibility index (Phi) is 8.22. The van der Waals surface area contributed by atoms with Crippen molar-refractivity contribution in [2.75, 3.05) is 31.1 Å². The van der Waals surface area contributed by atoms with Gasteiger partial charge in [-0.2, -0.15) is 0 Å². The quantitative estimate of drug-likeness (QED) is 0.436. The van der Waals surface area contributed by atoms with Crippen LogP contribution in [0, 0.1) is 5.82 Å². The number of benzene rings is 2. The van der Waals surface area contributed by atoms with E-state index >= 15 is 0 Å². The highest BCUT2D eigenvalue weighted by molar-refractivity contribution is 6.00. The Morgan fingerprint density at radius 3 is 2.43 bits per heavy atom. The summed E-state index contributed by atoms with van der Waals surface area (Å²) in [5, 5.41) is 2.56. The van der Waals surface area contributed by atoms with Crippen molar-refractivity contribution in [2.45, 2.75) is 32.7 Å². The Labute approximate surface area is 215 Å². The monoisotopic (exact) mass is 506 g/mol. The number of urea groups is 1. The predicted molar refractivity (Wildman–Crippen MR) is 138 cm³/mol. The van der Waals surface area contributed by atoms with E-state index in [-0.39, 0.29) is 31.4 Å². The summed E-state index contributed by atoms with van der Waals surface area (Å²) in [5.41, 5.74) is 3.12. The number of unbranched alkanes of at least 4 members (excludes halogenated alkanes) is 1. The fourth-order valence-electron chi connectivity index (χ4n) is 4.53. The molecule has 1 aliphatic heterocycles. The first-order valence-electron chi connectivity index (χ1n) is 12.5. The molecule has 2 heterocycles. The number of fused-ring (bicyclic) bond motifs is 3. The summed E-state index contributed by atoms with van der Waals surface area (Å²) >= 11 is 0. The third kappa shape index (κ3) is 5.66. The van der Waals surface area contributed by atoms with Crippen molar-refractivity contribution in [1.29, 1.82) is 0 Å². The van der Waals surface area contributed by atoms with Crippen LogP contribution in [0.3, 0.4) is 0 Å². The first kappa shape index (κ1) is 25.9. The number of esters is 1. The number of halogens is 1. The SMILES string of the molecule is CCCCN(CC(=O)N1c2ccccc2-n2cccc2C1c1ccc(F)cc1)C(=O)NCC(=O)OCC. The van der Waals surface area contributed by atoms with Crippen LogP contribution in [0.25, 0.3) is 5.69 Å². The number of rotatable bonds is 9. The fourth-order valence-corrected chi connectivity index (χ4v) is 4.53.